The highest BCUT2D eigenvalue weighted by Crippen LogP contribution is 2.31. The van der Waals surface area contributed by atoms with Crippen molar-refractivity contribution in [3.63, 3.8) is 0 Å². The van der Waals surface area contributed by atoms with Crippen molar-refractivity contribution in [2.75, 3.05) is 0 Å². The van der Waals surface area contributed by atoms with Crippen LogP contribution in [0.5, 0.6) is 0 Å². The third-order valence-electron chi connectivity index (χ3n) is 4.03. The van der Waals surface area contributed by atoms with Crippen LogP contribution in [0.3, 0.4) is 0 Å². The van der Waals surface area contributed by atoms with Gasteiger partial charge >= 0.3 is 0 Å². The molecule has 0 spiro atoms. The van der Waals surface area contributed by atoms with Gasteiger partial charge in [0, 0.05) is 15.1 Å². The maximum Gasteiger partial charge on any atom is 0.214 e. The van der Waals surface area contributed by atoms with Gasteiger partial charge in [-0.05, 0) is 59.0 Å². The summed E-state index contributed by atoms with van der Waals surface area (Å²) in [5.74, 6) is 0. The fourth-order valence-corrected chi connectivity index (χ4v) is 4.85. The normalized spacial score (nSPS) is 11.4. The van der Waals surface area contributed by atoms with Gasteiger partial charge in [0.1, 0.15) is 15.1 Å². The fourth-order valence-electron chi connectivity index (χ4n) is 2.68. The van der Waals surface area contributed by atoms with E-state index < -0.39 is 0 Å². The van der Waals surface area contributed by atoms with Gasteiger partial charge < -0.3 is 0 Å². The van der Waals surface area contributed by atoms with E-state index in [1.54, 1.807) is 11.0 Å². The van der Waals surface area contributed by atoms with Crippen LogP contribution in [0.25, 0.3) is 32.6 Å². The molecular weight excluding hydrogens is 575 g/mol. The van der Waals surface area contributed by atoms with E-state index in [9.17, 15) is 0 Å². The maximum atomic E-state index is 5.98. The first-order valence-electron chi connectivity index (χ1n) is 8.08. The summed E-state index contributed by atoms with van der Waals surface area (Å²) in [7, 11) is 0. The Bertz CT molecular complexity index is 1290. The standard InChI is InChI=1S/C18H9BrClIN6S/c19-11-3-7-13(8-4-11)27-22-9-14(24-27)17-25-26-16(21)15(23-18(26)28-17)10-1-5-12(20)6-2-10/h1-9H. The monoisotopic (exact) mass is 582 g/mol. The molecule has 0 atom stereocenters. The molecule has 0 aliphatic carbocycles. The molecule has 0 unspecified atom stereocenters. The number of fused-ring (bicyclic) bond motifs is 1. The quantitative estimate of drug-likeness (QED) is 0.255. The molecule has 0 aliphatic rings. The predicted octanol–water partition coefficient (Wildman–Crippen LogP) is 5.73. The molecule has 2 aromatic carbocycles. The lowest BCUT2D eigenvalue weighted by atomic mass is 10.2. The van der Waals surface area contributed by atoms with E-state index in [-0.39, 0.29) is 0 Å². The second-order valence-electron chi connectivity index (χ2n) is 5.86. The molecule has 0 radical (unpaired) electrons. The lowest BCUT2D eigenvalue weighted by Gasteiger charge is -1.98. The number of nitrogens with zero attached hydrogens (tertiary/aromatic N) is 6. The highest BCUT2D eigenvalue weighted by molar-refractivity contribution is 14.1. The number of benzene rings is 2. The first-order chi connectivity index (χ1) is 13.6. The first-order valence-corrected chi connectivity index (χ1v) is 11.1. The smallest absolute Gasteiger partial charge is 0.214 e. The zero-order chi connectivity index (χ0) is 19.3. The third kappa shape index (κ3) is 3.25. The van der Waals surface area contributed by atoms with Crippen molar-refractivity contribution in [2.45, 2.75) is 0 Å². The van der Waals surface area contributed by atoms with Crippen LogP contribution in [0.4, 0.5) is 0 Å². The minimum absolute atomic E-state index is 0.703. The van der Waals surface area contributed by atoms with E-state index in [4.69, 9.17) is 16.6 Å². The van der Waals surface area contributed by atoms with Crippen LogP contribution in [0.15, 0.2) is 59.2 Å². The van der Waals surface area contributed by atoms with Gasteiger partial charge in [-0.1, -0.05) is 51.0 Å². The minimum atomic E-state index is 0.703. The van der Waals surface area contributed by atoms with E-state index in [2.05, 4.69) is 53.8 Å². The zero-order valence-electron chi connectivity index (χ0n) is 13.9. The van der Waals surface area contributed by atoms with Gasteiger partial charge in [0.05, 0.1) is 11.9 Å². The summed E-state index contributed by atoms with van der Waals surface area (Å²) in [5, 5.41) is 15.1. The lowest BCUT2D eigenvalue weighted by Crippen LogP contribution is -1.98. The Morgan fingerprint density at radius 3 is 2.46 bits per heavy atom. The van der Waals surface area contributed by atoms with Crippen LogP contribution in [-0.2, 0) is 0 Å². The number of imidazole rings is 1. The van der Waals surface area contributed by atoms with Crippen LogP contribution >= 0.6 is 61.5 Å². The Morgan fingerprint density at radius 1 is 1.00 bits per heavy atom. The van der Waals surface area contributed by atoms with E-state index in [1.807, 2.05) is 53.0 Å². The summed E-state index contributed by atoms with van der Waals surface area (Å²) in [6.07, 6.45) is 1.72. The van der Waals surface area contributed by atoms with Crippen molar-refractivity contribution in [1.29, 1.82) is 0 Å². The highest BCUT2D eigenvalue weighted by atomic mass is 127. The molecule has 6 nitrogen and oxygen atoms in total. The van der Waals surface area contributed by atoms with Crippen molar-refractivity contribution in [3.05, 3.63) is 67.9 Å². The van der Waals surface area contributed by atoms with Crippen LogP contribution in [0.1, 0.15) is 0 Å². The highest BCUT2D eigenvalue weighted by Gasteiger charge is 2.18. The maximum absolute atomic E-state index is 5.98. The molecule has 3 aromatic heterocycles. The molecule has 0 saturated heterocycles. The van der Waals surface area contributed by atoms with Crippen molar-refractivity contribution in [3.8, 4) is 27.6 Å². The molecule has 28 heavy (non-hydrogen) atoms. The summed E-state index contributed by atoms with van der Waals surface area (Å²) in [6, 6.07) is 15.4. The molecule has 3 heterocycles. The summed E-state index contributed by atoms with van der Waals surface area (Å²) >= 11 is 13.2. The number of rotatable bonds is 3. The zero-order valence-corrected chi connectivity index (χ0v) is 19.2. The van der Waals surface area contributed by atoms with Crippen LogP contribution in [0.2, 0.25) is 5.02 Å². The molecule has 0 aliphatic heterocycles. The average Bonchev–Trinajstić information content (AvgIpc) is 3.40. The molecule has 0 fully saturated rings. The Kier molecular flexibility index (Phi) is 4.69. The molecule has 0 amide bonds. The lowest BCUT2D eigenvalue weighted by molar-refractivity contribution is 0.753. The van der Waals surface area contributed by atoms with Crippen LogP contribution in [0, 0.1) is 3.70 Å². The van der Waals surface area contributed by atoms with Crippen molar-refractivity contribution in [2.24, 2.45) is 0 Å². The summed E-state index contributed by atoms with van der Waals surface area (Å²) in [6.45, 7) is 0. The topological polar surface area (TPSA) is 60.9 Å². The molecular formula is C18H9BrClIN6S. The van der Waals surface area contributed by atoms with Gasteiger partial charge in [0.25, 0.3) is 0 Å². The van der Waals surface area contributed by atoms with Crippen LogP contribution in [-0.4, -0.2) is 29.6 Å². The molecule has 0 bridgehead atoms. The Morgan fingerprint density at radius 2 is 1.75 bits per heavy atom. The molecule has 10 heteroatoms. The van der Waals surface area contributed by atoms with Gasteiger partial charge in [0.2, 0.25) is 4.96 Å². The number of halogens is 3. The van der Waals surface area contributed by atoms with E-state index in [1.165, 1.54) is 11.3 Å². The summed E-state index contributed by atoms with van der Waals surface area (Å²) in [5.41, 5.74) is 3.49. The largest absolute Gasteiger partial charge is 0.216 e. The minimum Gasteiger partial charge on any atom is -0.216 e. The number of aromatic nitrogens is 6. The van der Waals surface area contributed by atoms with Crippen LogP contribution < -0.4 is 0 Å². The van der Waals surface area contributed by atoms with Gasteiger partial charge in [-0.25, -0.2) is 4.98 Å². The van der Waals surface area contributed by atoms with Crippen molar-refractivity contribution in [1.82, 2.24) is 29.6 Å². The molecule has 0 saturated carbocycles. The van der Waals surface area contributed by atoms with Gasteiger partial charge in [-0.3, -0.25) is 0 Å². The Balaban J connectivity index is 1.51. The van der Waals surface area contributed by atoms with Crippen molar-refractivity contribution < 1.29 is 0 Å². The number of hydrogen-bond acceptors (Lipinski definition) is 5. The predicted molar refractivity (Wildman–Crippen MR) is 122 cm³/mol. The fraction of sp³-hybridized carbons (Fsp3) is 0. The second kappa shape index (κ2) is 7.21. The molecule has 5 rings (SSSR count). The van der Waals surface area contributed by atoms with E-state index >= 15 is 0 Å². The molecule has 138 valence electrons. The van der Waals surface area contributed by atoms with Gasteiger partial charge in [-0.15, -0.1) is 5.10 Å². The Hall–Kier alpha value is -1.82. The average molecular weight is 584 g/mol. The number of hydrogen-bond donors (Lipinski definition) is 0. The van der Waals surface area contributed by atoms with E-state index in [0.29, 0.717) is 10.7 Å². The third-order valence-corrected chi connectivity index (χ3v) is 6.71. The summed E-state index contributed by atoms with van der Waals surface area (Å²) < 4.78 is 3.79. The summed E-state index contributed by atoms with van der Waals surface area (Å²) in [4.78, 5) is 7.14. The molecule has 5 aromatic rings. The molecule has 0 N–H and O–H groups in total. The first kappa shape index (κ1) is 18.2. The van der Waals surface area contributed by atoms with Gasteiger partial charge in [0.15, 0.2) is 5.01 Å². The second-order valence-corrected chi connectivity index (χ2v) is 9.19. The van der Waals surface area contributed by atoms with Gasteiger partial charge in [-0.2, -0.15) is 19.5 Å². The van der Waals surface area contributed by atoms with Crippen molar-refractivity contribution >= 4 is 66.4 Å². The SMILES string of the molecule is Clc1ccc(-c2nc3sc(-c4cnn(-c5ccc(Br)cc5)n4)nn3c2I)cc1. The van der Waals surface area contributed by atoms with E-state index in [0.717, 1.165) is 35.1 Å². The Labute approximate surface area is 190 Å².